The van der Waals surface area contributed by atoms with Crippen LogP contribution in [0.25, 0.3) is 11.8 Å². The predicted octanol–water partition coefficient (Wildman–Crippen LogP) is 0.736. The van der Waals surface area contributed by atoms with Crippen LogP contribution in [0.4, 0.5) is 11.6 Å². The van der Waals surface area contributed by atoms with Gasteiger partial charge in [0, 0.05) is 35.9 Å². The van der Waals surface area contributed by atoms with Crippen LogP contribution in [0, 0.1) is 0 Å². The van der Waals surface area contributed by atoms with Gasteiger partial charge in [0.1, 0.15) is 0 Å². The van der Waals surface area contributed by atoms with Crippen LogP contribution in [0.1, 0.15) is 6.42 Å². The molecule has 0 fully saturated rings. The molecule has 0 bridgehead atoms. The number of carbonyl (C=O) groups excluding carboxylic acids is 1. The van der Waals surface area contributed by atoms with Crippen LogP contribution < -0.4 is 16.0 Å². The van der Waals surface area contributed by atoms with Gasteiger partial charge in [-0.15, -0.1) is 0 Å². The number of hydrogen-bond donors (Lipinski definition) is 1. The summed E-state index contributed by atoms with van der Waals surface area (Å²) in [5, 5.41) is 8.07. The van der Waals surface area contributed by atoms with Crippen LogP contribution in [-0.2, 0) is 4.79 Å². The maximum atomic E-state index is 11.4. The fourth-order valence-corrected chi connectivity index (χ4v) is 2.29. The Kier molecular flexibility index (Phi) is 3.16. The fraction of sp³-hybridized carbons (Fsp3) is 0.0625. The van der Waals surface area contributed by atoms with E-state index in [1.807, 2.05) is 36.5 Å². The van der Waals surface area contributed by atoms with E-state index in [-0.39, 0.29) is 5.91 Å². The van der Waals surface area contributed by atoms with E-state index in [1.54, 1.807) is 23.2 Å². The number of carbonyl (C=O) groups is 1. The second kappa shape index (κ2) is 5.45. The molecular formula is C16H12N6O. The topological polar surface area (TPSA) is 85.1 Å². The molecule has 0 radical (unpaired) electrons. The molecule has 0 atom stereocenters. The number of hydrogen-bond acceptors (Lipinski definition) is 5. The van der Waals surface area contributed by atoms with Gasteiger partial charge in [-0.3, -0.25) is 4.79 Å². The van der Waals surface area contributed by atoms with Crippen LogP contribution in [0.5, 0.6) is 0 Å². The quantitative estimate of drug-likeness (QED) is 0.771. The summed E-state index contributed by atoms with van der Waals surface area (Å²) < 4.78 is 1.78. The van der Waals surface area contributed by atoms with Crippen LogP contribution in [0.3, 0.4) is 0 Å². The van der Waals surface area contributed by atoms with Gasteiger partial charge >= 0.3 is 0 Å². The Hall–Kier alpha value is -3.35. The van der Waals surface area contributed by atoms with Crippen molar-refractivity contribution in [1.82, 2.24) is 19.7 Å². The molecule has 7 nitrogen and oxygen atoms in total. The van der Waals surface area contributed by atoms with Crippen molar-refractivity contribution < 1.29 is 4.79 Å². The van der Waals surface area contributed by atoms with Gasteiger partial charge in [-0.1, -0.05) is 6.08 Å². The molecule has 112 valence electrons. The summed E-state index contributed by atoms with van der Waals surface area (Å²) in [5.74, 6) is 0.216. The van der Waals surface area contributed by atoms with Crippen molar-refractivity contribution in [2.75, 3.05) is 5.32 Å². The number of nitrogens with zero attached hydrogens (tertiary/aromatic N) is 5. The van der Waals surface area contributed by atoms with Gasteiger partial charge in [0.05, 0.1) is 5.69 Å². The zero-order valence-electron chi connectivity index (χ0n) is 12.0. The monoisotopic (exact) mass is 304 g/mol. The molecule has 4 rings (SSSR count). The minimum absolute atomic E-state index is 0.189. The average molecular weight is 304 g/mol. The molecule has 23 heavy (non-hydrogen) atoms. The van der Waals surface area contributed by atoms with Gasteiger partial charge in [-0.2, -0.15) is 15.1 Å². The van der Waals surface area contributed by atoms with E-state index in [0.29, 0.717) is 17.9 Å². The smallest absolute Gasteiger partial charge is 0.251 e. The number of amides is 1. The number of aromatic nitrogens is 4. The predicted molar refractivity (Wildman–Crippen MR) is 83.7 cm³/mol. The Morgan fingerprint density at radius 1 is 1.17 bits per heavy atom. The molecule has 3 aromatic rings. The number of benzene rings is 1. The number of fused-ring (bicyclic) bond motifs is 1. The molecule has 0 spiro atoms. The average Bonchev–Trinajstić information content (AvgIpc) is 3.10. The second-order valence-electron chi connectivity index (χ2n) is 5.01. The third-order valence-corrected chi connectivity index (χ3v) is 3.42. The highest BCUT2D eigenvalue weighted by Gasteiger charge is 2.06. The molecule has 0 saturated heterocycles. The third-order valence-electron chi connectivity index (χ3n) is 3.42. The normalized spacial score (nSPS) is 13.0. The Bertz CT molecular complexity index is 976. The van der Waals surface area contributed by atoms with Crippen molar-refractivity contribution in [3.05, 3.63) is 59.6 Å². The highest BCUT2D eigenvalue weighted by atomic mass is 16.1. The summed E-state index contributed by atoms with van der Waals surface area (Å²) in [6.45, 7) is 0. The van der Waals surface area contributed by atoms with Crippen LogP contribution in [0.15, 0.2) is 53.9 Å². The maximum absolute atomic E-state index is 11.4. The van der Waals surface area contributed by atoms with Crippen LogP contribution in [0.2, 0.25) is 0 Å². The lowest BCUT2D eigenvalue weighted by Gasteiger charge is -2.07. The summed E-state index contributed by atoms with van der Waals surface area (Å²) in [7, 11) is 0. The summed E-state index contributed by atoms with van der Waals surface area (Å²) >= 11 is 0. The lowest BCUT2D eigenvalue weighted by molar-refractivity contribution is -0.117. The molecule has 1 aromatic carbocycles. The van der Waals surface area contributed by atoms with Crippen LogP contribution >= 0.6 is 0 Å². The summed E-state index contributed by atoms with van der Waals surface area (Å²) in [6, 6.07) is 9.57. The zero-order valence-corrected chi connectivity index (χ0v) is 12.0. The Morgan fingerprint density at radius 2 is 2.04 bits per heavy atom. The van der Waals surface area contributed by atoms with E-state index in [4.69, 9.17) is 0 Å². The van der Waals surface area contributed by atoms with Crippen molar-refractivity contribution >= 4 is 23.6 Å². The SMILES string of the molecule is O=C1CC=c2cnc(Nc3ccc(-n4cccn4)cc3)nc2=N1. The van der Waals surface area contributed by atoms with Crippen molar-refractivity contribution in [3.8, 4) is 5.69 Å². The van der Waals surface area contributed by atoms with Crippen molar-refractivity contribution in [3.63, 3.8) is 0 Å². The standard InChI is InChI=1S/C16H12N6O/c23-14-7-2-11-10-17-16(21-15(11)20-14)19-12-3-5-13(6-4-12)22-9-1-8-18-22/h1-6,8-10H,7H2,(H,19,20,21,23). The highest BCUT2D eigenvalue weighted by Crippen LogP contribution is 2.14. The molecule has 2 aromatic heterocycles. The van der Waals surface area contributed by atoms with E-state index in [9.17, 15) is 4.79 Å². The van der Waals surface area contributed by atoms with Crippen molar-refractivity contribution in [1.29, 1.82) is 0 Å². The Balaban J connectivity index is 1.60. The molecule has 1 N–H and O–H groups in total. The molecule has 7 heteroatoms. The van der Waals surface area contributed by atoms with E-state index in [2.05, 4.69) is 25.4 Å². The summed E-state index contributed by atoms with van der Waals surface area (Å²) in [6.07, 6.45) is 7.36. The van der Waals surface area contributed by atoms with Crippen molar-refractivity contribution in [2.24, 2.45) is 4.99 Å². The maximum Gasteiger partial charge on any atom is 0.251 e. The van der Waals surface area contributed by atoms with E-state index >= 15 is 0 Å². The van der Waals surface area contributed by atoms with E-state index in [0.717, 1.165) is 16.6 Å². The molecular weight excluding hydrogens is 292 g/mol. The van der Waals surface area contributed by atoms with Crippen molar-refractivity contribution in [2.45, 2.75) is 6.42 Å². The molecule has 3 heterocycles. The summed E-state index contributed by atoms with van der Waals surface area (Å²) in [5.41, 5.74) is 2.21. The lowest BCUT2D eigenvalue weighted by Crippen LogP contribution is -2.33. The minimum atomic E-state index is -0.189. The Labute approximate surface area is 131 Å². The van der Waals surface area contributed by atoms with Gasteiger partial charge in [-0.25, -0.2) is 9.67 Å². The van der Waals surface area contributed by atoms with Crippen LogP contribution in [-0.4, -0.2) is 25.7 Å². The molecule has 0 saturated carbocycles. The zero-order chi connectivity index (χ0) is 15.6. The first-order chi connectivity index (χ1) is 11.3. The second-order valence-corrected chi connectivity index (χ2v) is 5.01. The minimum Gasteiger partial charge on any atom is -0.324 e. The lowest BCUT2D eigenvalue weighted by atomic mass is 10.3. The fourth-order valence-electron chi connectivity index (χ4n) is 2.29. The van der Waals surface area contributed by atoms with E-state index < -0.39 is 0 Å². The largest absolute Gasteiger partial charge is 0.324 e. The molecule has 1 aliphatic rings. The third kappa shape index (κ3) is 2.71. The molecule has 0 unspecified atom stereocenters. The number of rotatable bonds is 3. The van der Waals surface area contributed by atoms with Gasteiger partial charge in [0.2, 0.25) is 5.95 Å². The molecule has 1 amide bonds. The van der Waals surface area contributed by atoms with Gasteiger partial charge < -0.3 is 5.32 Å². The first-order valence-electron chi connectivity index (χ1n) is 7.10. The molecule has 0 aliphatic carbocycles. The first-order valence-corrected chi connectivity index (χ1v) is 7.10. The number of nitrogens with one attached hydrogen (secondary N) is 1. The van der Waals surface area contributed by atoms with Gasteiger partial charge in [0.25, 0.3) is 5.91 Å². The first kappa shape index (κ1) is 13.3. The van der Waals surface area contributed by atoms with Gasteiger partial charge in [-0.05, 0) is 30.3 Å². The van der Waals surface area contributed by atoms with Gasteiger partial charge in [0.15, 0.2) is 5.49 Å². The summed E-state index contributed by atoms with van der Waals surface area (Å²) in [4.78, 5) is 23.8. The Morgan fingerprint density at radius 3 is 2.83 bits per heavy atom. The number of anilines is 2. The molecule has 1 aliphatic heterocycles. The van der Waals surface area contributed by atoms with E-state index in [1.165, 1.54) is 0 Å². The highest BCUT2D eigenvalue weighted by molar-refractivity contribution is 5.82.